The van der Waals surface area contributed by atoms with Gasteiger partial charge in [-0.3, -0.25) is 9.78 Å². The first-order valence-corrected chi connectivity index (χ1v) is 6.68. The van der Waals surface area contributed by atoms with Crippen LogP contribution in [0.25, 0.3) is 0 Å². The highest BCUT2D eigenvalue weighted by molar-refractivity contribution is 5.99. The molecule has 2 aromatic rings. The molecule has 0 bridgehead atoms. The number of carbonyl (C=O) groups is 1. The lowest BCUT2D eigenvalue weighted by Crippen LogP contribution is -2.24. The molecule has 0 atom stereocenters. The van der Waals surface area contributed by atoms with E-state index in [1.165, 1.54) is 6.20 Å². The van der Waals surface area contributed by atoms with Gasteiger partial charge in [0.15, 0.2) is 0 Å². The lowest BCUT2D eigenvalue weighted by Gasteiger charge is -2.10. The van der Waals surface area contributed by atoms with Crippen LogP contribution in [-0.4, -0.2) is 17.9 Å². The van der Waals surface area contributed by atoms with Crippen molar-refractivity contribution in [2.24, 2.45) is 0 Å². The van der Waals surface area contributed by atoms with Crippen LogP contribution in [0.15, 0.2) is 30.6 Å². The maximum atomic E-state index is 13.6. The number of amides is 1. The van der Waals surface area contributed by atoms with Crippen molar-refractivity contribution >= 4 is 11.6 Å². The summed E-state index contributed by atoms with van der Waals surface area (Å²) in [5.74, 6) is -0.415. The fourth-order valence-electron chi connectivity index (χ4n) is 2.21. The van der Waals surface area contributed by atoms with Crippen LogP contribution < -0.4 is 10.6 Å². The van der Waals surface area contributed by atoms with Gasteiger partial charge in [0.1, 0.15) is 5.82 Å². The number of pyridine rings is 1. The summed E-state index contributed by atoms with van der Waals surface area (Å²) >= 11 is 0. The summed E-state index contributed by atoms with van der Waals surface area (Å²) in [5.41, 5.74) is 3.23. The number of aryl methyl sites for hydroxylation is 2. The average molecular weight is 287 g/mol. The van der Waals surface area contributed by atoms with Gasteiger partial charge in [-0.2, -0.15) is 0 Å². The van der Waals surface area contributed by atoms with E-state index < -0.39 is 0 Å². The molecule has 0 saturated heterocycles. The van der Waals surface area contributed by atoms with Gasteiger partial charge < -0.3 is 10.6 Å². The molecule has 1 heterocycles. The molecular formula is C16H18FN3O. The van der Waals surface area contributed by atoms with Gasteiger partial charge in [0.25, 0.3) is 5.91 Å². The van der Waals surface area contributed by atoms with Crippen LogP contribution in [0.2, 0.25) is 0 Å². The zero-order valence-electron chi connectivity index (χ0n) is 12.3. The molecule has 0 radical (unpaired) electrons. The van der Waals surface area contributed by atoms with E-state index >= 15 is 0 Å². The van der Waals surface area contributed by atoms with Crippen LogP contribution in [-0.2, 0) is 6.54 Å². The second kappa shape index (κ2) is 6.35. The van der Waals surface area contributed by atoms with E-state index in [2.05, 4.69) is 15.6 Å². The molecule has 5 heteroatoms. The number of carbonyl (C=O) groups excluding carboxylic acids is 1. The molecule has 0 saturated carbocycles. The number of aromatic nitrogens is 1. The highest BCUT2D eigenvalue weighted by Crippen LogP contribution is 2.16. The number of halogens is 1. The van der Waals surface area contributed by atoms with Crippen molar-refractivity contribution in [3.63, 3.8) is 0 Å². The van der Waals surface area contributed by atoms with Crippen LogP contribution in [0.4, 0.5) is 10.1 Å². The number of nitrogens with zero attached hydrogens (tertiary/aromatic N) is 1. The third kappa shape index (κ3) is 3.37. The minimum atomic E-state index is -0.216. The van der Waals surface area contributed by atoms with Crippen molar-refractivity contribution in [3.8, 4) is 0 Å². The van der Waals surface area contributed by atoms with Crippen LogP contribution in [0, 0.1) is 19.7 Å². The lowest BCUT2D eigenvalue weighted by atomic mass is 10.1. The standard InChI is InChI=1S/C16H18FN3O/c1-10-6-12(7-11(2)15(10)17)8-20-16(21)13-9-19-5-4-14(13)18-3/h4-7,9H,8H2,1-3H3,(H,18,19)(H,20,21). The Morgan fingerprint density at radius 2 is 1.95 bits per heavy atom. The Balaban J connectivity index is 2.11. The zero-order chi connectivity index (χ0) is 15.4. The van der Waals surface area contributed by atoms with Crippen LogP contribution in [0.1, 0.15) is 27.0 Å². The zero-order valence-corrected chi connectivity index (χ0v) is 12.3. The van der Waals surface area contributed by atoms with Crippen molar-refractivity contribution in [1.29, 1.82) is 0 Å². The van der Waals surface area contributed by atoms with Crippen molar-refractivity contribution in [3.05, 3.63) is 58.7 Å². The summed E-state index contributed by atoms with van der Waals surface area (Å²) in [6.45, 7) is 3.78. The van der Waals surface area contributed by atoms with Crippen LogP contribution in [0.3, 0.4) is 0 Å². The maximum absolute atomic E-state index is 13.6. The molecule has 2 rings (SSSR count). The molecule has 21 heavy (non-hydrogen) atoms. The molecule has 0 fully saturated rings. The van der Waals surface area contributed by atoms with E-state index in [4.69, 9.17) is 0 Å². The Morgan fingerprint density at radius 1 is 1.29 bits per heavy atom. The van der Waals surface area contributed by atoms with Gasteiger partial charge in [-0.15, -0.1) is 0 Å². The molecule has 110 valence electrons. The first-order valence-electron chi connectivity index (χ1n) is 6.68. The molecule has 2 N–H and O–H groups in total. The predicted molar refractivity (Wildman–Crippen MR) is 80.8 cm³/mol. The summed E-state index contributed by atoms with van der Waals surface area (Å²) in [4.78, 5) is 16.1. The molecule has 4 nitrogen and oxygen atoms in total. The topological polar surface area (TPSA) is 54.0 Å². The Labute approximate surface area is 123 Å². The Hall–Kier alpha value is -2.43. The van der Waals surface area contributed by atoms with Gasteiger partial charge in [-0.05, 0) is 36.6 Å². The van der Waals surface area contributed by atoms with E-state index in [0.717, 1.165) is 5.56 Å². The van der Waals surface area contributed by atoms with E-state index in [0.29, 0.717) is 28.9 Å². The molecule has 1 aromatic carbocycles. The first-order chi connectivity index (χ1) is 10.0. The molecule has 0 aliphatic carbocycles. The minimum Gasteiger partial charge on any atom is -0.387 e. The summed E-state index contributed by atoms with van der Waals surface area (Å²) in [5, 5.41) is 5.77. The number of rotatable bonds is 4. The fourth-order valence-corrected chi connectivity index (χ4v) is 2.21. The Kier molecular flexibility index (Phi) is 4.52. The highest BCUT2D eigenvalue weighted by atomic mass is 19.1. The van der Waals surface area contributed by atoms with Gasteiger partial charge >= 0.3 is 0 Å². The normalized spacial score (nSPS) is 10.3. The monoisotopic (exact) mass is 287 g/mol. The van der Waals surface area contributed by atoms with Crippen molar-refractivity contribution in [2.75, 3.05) is 12.4 Å². The minimum absolute atomic E-state index is 0.199. The SMILES string of the molecule is CNc1ccncc1C(=O)NCc1cc(C)c(F)c(C)c1. The van der Waals surface area contributed by atoms with Gasteiger partial charge in [-0.25, -0.2) is 4.39 Å². The van der Waals surface area contributed by atoms with E-state index in [9.17, 15) is 9.18 Å². The van der Waals surface area contributed by atoms with Crippen molar-refractivity contribution < 1.29 is 9.18 Å². The smallest absolute Gasteiger partial charge is 0.255 e. The lowest BCUT2D eigenvalue weighted by molar-refractivity contribution is 0.0951. The van der Waals surface area contributed by atoms with Crippen LogP contribution in [0.5, 0.6) is 0 Å². The molecular weight excluding hydrogens is 269 g/mol. The fraction of sp³-hybridized carbons (Fsp3) is 0.250. The maximum Gasteiger partial charge on any atom is 0.255 e. The number of nitrogens with one attached hydrogen (secondary N) is 2. The van der Waals surface area contributed by atoms with Crippen LogP contribution >= 0.6 is 0 Å². The summed E-state index contributed by atoms with van der Waals surface area (Å²) in [6, 6.07) is 5.22. The van der Waals surface area contributed by atoms with E-state index in [1.807, 2.05) is 0 Å². The summed E-state index contributed by atoms with van der Waals surface area (Å²) < 4.78 is 13.6. The molecule has 0 spiro atoms. The summed E-state index contributed by atoms with van der Waals surface area (Å²) in [7, 11) is 1.75. The van der Waals surface area contributed by atoms with Gasteiger partial charge in [0, 0.05) is 31.7 Å². The van der Waals surface area contributed by atoms with Gasteiger partial charge in [0.05, 0.1) is 5.56 Å². The number of benzene rings is 1. The van der Waals surface area contributed by atoms with Gasteiger partial charge in [0.2, 0.25) is 0 Å². The molecule has 0 unspecified atom stereocenters. The van der Waals surface area contributed by atoms with Gasteiger partial charge in [-0.1, -0.05) is 12.1 Å². The second-order valence-electron chi connectivity index (χ2n) is 4.90. The van der Waals surface area contributed by atoms with Crippen molar-refractivity contribution in [1.82, 2.24) is 10.3 Å². The first kappa shape index (κ1) is 15.0. The Morgan fingerprint density at radius 3 is 2.57 bits per heavy atom. The quantitative estimate of drug-likeness (QED) is 0.909. The number of hydrogen-bond donors (Lipinski definition) is 2. The summed E-state index contributed by atoms with van der Waals surface area (Å²) in [6.07, 6.45) is 3.14. The van der Waals surface area contributed by atoms with E-state index in [1.54, 1.807) is 45.3 Å². The largest absolute Gasteiger partial charge is 0.387 e. The number of anilines is 1. The third-order valence-corrected chi connectivity index (χ3v) is 3.28. The predicted octanol–water partition coefficient (Wildman–Crippen LogP) is 2.81. The Bertz CT molecular complexity index is 647. The second-order valence-corrected chi connectivity index (χ2v) is 4.90. The van der Waals surface area contributed by atoms with E-state index in [-0.39, 0.29) is 11.7 Å². The third-order valence-electron chi connectivity index (χ3n) is 3.28. The number of hydrogen-bond acceptors (Lipinski definition) is 3. The molecule has 0 aliphatic rings. The molecule has 1 aromatic heterocycles. The molecule has 0 aliphatic heterocycles. The average Bonchev–Trinajstić information content (AvgIpc) is 2.50. The molecule has 1 amide bonds. The highest BCUT2D eigenvalue weighted by Gasteiger charge is 2.11. The van der Waals surface area contributed by atoms with Crippen molar-refractivity contribution in [2.45, 2.75) is 20.4 Å².